The summed E-state index contributed by atoms with van der Waals surface area (Å²) < 4.78 is 0. The Hall–Kier alpha value is -0.790. The number of allylic oxidation sites excluding steroid dienone is 2. The third-order valence-electron chi connectivity index (χ3n) is 7.00. The molecule has 0 aromatic rings. The van der Waals surface area contributed by atoms with Gasteiger partial charge in [0.25, 0.3) is 0 Å². The number of carbonyl (C=O) groups is 1. The van der Waals surface area contributed by atoms with Crippen LogP contribution >= 0.6 is 0 Å². The lowest BCUT2D eigenvalue weighted by atomic mass is 9.48. The molecular weight excluding hydrogens is 258 g/mol. The quantitative estimate of drug-likeness (QED) is 0.779. The van der Waals surface area contributed by atoms with Crippen molar-refractivity contribution in [2.24, 2.45) is 29.1 Å². The molecule has 0 spiro atoms. The predicted octanol–water partition coefficient (Wildman–Crippen LogP) is 4.06. The molecule has 0 heterocycles. The van der Waals surface area contributed by atoms with E-state index in [1.807, 2.05) is 0 Å². The molecule has 0 aromatic heterocycles. The van der Waals surface area contributed by atoms with E-state index in [4.69, 9.17) is 0 Å². The first kappa shape index (κ1) is 13.8. The maximum absolute atomic E-state index is 12.6. The number of nitrogens with one attached hydrogen (secondary N) is 1. The minimum absolute atomic E-state index is 0.228. The molecule has 2 atom stereocenters. The Morgan fingerprint density at radius 3 is 2.24 bits per heavy atom. The maximum atomic E-state index is 12.6. The Morgan fingerprint density at radius 1 is 1.10 bits per heavy atom. The van der Waals surface area contributed by atoms with Crippen molar-refractivity contribution >= 4 is 5.91 Å². The molecule has 5 rings (SSSR count). The fraction of sp³-hybridized carbons (Fsp3) is 0.842. The third-order valence-corrected chi connectivity index (χ3v) is 7.00. The minimum atomic E-state index is 0.228. The van der Waals surface area contributed by atoms with Gasteiger partial charge in [0.2, 0.25) is 5.91 Å². The van der Waals surface area contributed by atoms with Crippen molar-refractivity contribution in [3.63, 3.8) is 0 Å². The van der Waals surface area contributed by atoms with Crippen molar-refractivity contribution in [1.82, 2.24) is 5.32 Å². The van der Waals surface area contributed by atoms with E-state index < -0.39 is 0 Å². The van der Waals surface area contributed by atoms with E-state index in [0.29, 0.717) is 17.4 Å². The van der Waals surface area contributed by atoms with E-state index in [1.54, 1.807) is 0 Å². The molecule has 5 aliphatic carbocycles. The molecule has 1 amide bonds. The maximum Gasteiger partial charge on any atom is 0.223 e. The van der Waals surface area contributed by atoms with Crippen molar-refractivity contribution in [2.45, 2.75) is 70.8 Å². The van der Waals surface area contributed by atoms with Crippen molar-refractivity contribution < 1.29 is 4.79 Å². The predicted molar refractivity (Wildman–Crippen MR) is 84.7 cm³/mol. The van der Waals surface area contributed by atoms with Gasteiger partial charge in [-0.25, -0.2) is 0 Å². The van der Waals surface area contributed by atoms with Crippen LogP contribution in [0.1, 0.15) is 64.7 Å². The molecule has 0 aliphatic heterocycles. The first-order valence-electron chi connectivity index (χ1n) is 9.10. The van der Waals surface area contributed by atoms with Gasteiger partial charge in [-0.2, -0.15) is 0 Å². The van der Waals surface area contributed by atoms with Crippen LogP contribution in [0.4, 0.5) is 0 Å². The second-order valence-corrected chi connectivity index (χ2v) is 8.49. The Morgan fingerprint density at radius 2 is 1.71 bits per heavy atom. The molecule has 4 bridgehead atoms. The number of carbonyl (C=O) groups excluding carboxylic acids is 1. The van der Waals surface area contributed by atoms with Crippen molar-refractivity contribution in [1.29, 1.82) is 0 Å². The van der Waals surface area contributed by atoms with E-state index in [0.717, 1.165) is 37.0 Å². The smallest absolute Gasteiger partial charge is 0.223 e. The van der Waals surface area contributed by atoms with Crippen LogP contribution in [-0.2, 0) is 4.79 Å². The molecule has 4 fully saturated rings. The van der Waals surface area contributed by atoms with E-state index >= 15 is 0 Å². The monoisotopic (exact) mass is 287 g/mol. The highest BCUT2D eigenvalue weighted by Crippen LogP contribution is 2.61. The van der Waals surface area contributed by atoms with Crippen LogP contribution in [0.2, 0.25) is 0 Å². The number of rotatable bonds is 3. The van der Waals surface area contributed by atoms with Crippen LogP contribution in [0.5, 0.6) is 0 Å². The zero-order chi connectivity index (χ0) is 14.4. The minimum Gasteiger partial charge on any atom is -0.353 e. The van der Waals surface area contributed by atoms with Crippen LogP contribution in [-0.4, -0.2) is 11.9 Å². The normalized spacial score (nSPS) is 45.6. The third kappa shape index (κ3) is 2.45. The fourth-order valence-electron chi connectivity index (χ4n) is 6.22. The first-order chi connectivity index (χ1) is 10.1. The van der Waals surface area contributed by atoms with Gasteiger partial charge >= 0.3 is 0 Å². The summed E-state index contributed by atoms with van der Waals surface area (Å²) in [5, 5.41) is 3.43. The molecule has 5 aliphatic rings. The van der Waals surface area contributed by atoms with Crippen LogP contribution in [0.25, 0.3) is 0 Å². The molecule has 0 saturated heterocycles. The van der Waals surface area contributed by atoms with Crippen molar-refractivity contribution in [2.75, 3.05) is 0 Å². The molecule has 0 radical (unpaired) electrons. The fourth-order valence-corrected chi connectivity index (χ4v) is 6.22. The van der Waals surface area contributed by atoms with E-state index in [1.165, 1.54) is 38.5 Å². The molecule has 4 saturated carbocycles. The largest absolute Gasteiger partial charge is 0.353 e. The van der Waals surface area contributed by atoms with E-state index in [2.05, 4.69) is 24.4 Å². The summed E-state index contributed by atoms with van der Waals surface area (Å²) in [6.07, 6.45) is 16.0. The Bertz CT molecular complexity index is 417. The second kappa shape index (κ2) is 5.14. The first-order valence-corrected chi connectivity index (χ1v) is 9.10. The molecule has 0 unspecified atom stereocenters. The van der Waals surface area contributed by atoms with Gasteiger partial charge in [-0.1, -0.05) is 12.2 Å². The Balaban J connectivity index is 1.43. The molecule has 0 aromatic carbocycles. The van der Waals surface area contributed by atoms with Gasteiger partial charge < -0.3 is 5.32 Å². The van der Waals surface area contributed by atoms with Gasteiger partial charge in [0.15, 0.2) is 0 Å². The van der Waals surface area contributed by atoms with Crippen LogP contribution in [0, 0.1) is 29.1 Å². The van der Waals surface area contributed by atoms with Crippen LogP contribution in [0.3, 0.4) is 0 Å². The molecule has 1 N–H and O–H groups in total. The standard InChI is InChI=1S/C19H29NO/c1-13(20-18(21)17-5-3-2-4-6-17)19-10-14-7-15(11-19)9-16(8-14)12-19/h2-3,13-17H,4-12H2,1H3,(H,20,21)/t13-,14?,15?,16?,17-,19?/m0/s1. The summed E-state index contributed by atoms with van der Waals surface area (Å²) in [4.78, 5) is 12.6. The molecule has 2 nitrogen and oxygen atoms in total. The lowest BCUT2D eigenvalue weighted by Crippen LogP contribution is -2.56. The number of amides is 1. The summed E-state index contributed by atoms with van der Waals surface area (Å²) in [5.41, 5.74) is 0.439. The van der Waals surface area contributed by atoms with E-state index in [9.17, 15) is 4.79 Å². The summed E-state index contributed by atoms with van der Waals surface area (Å²) in [6.45, 7) is 2.30. The van der Waals surface area contributed by atoms with Crippen LogP contribution < -0.4 is 5.32 Å². The molecule has 21 heavy (non-hydrogen) atoms. The van der Waals surface area contributed by atoms with Crippen molar-refractivity contribution in [3.05, 3.63) is 12.2 Å². The lowest BCUT2D eigenvalue weighted by molar-refractivity contribution is -0.129. The molecule has 116 valence electrons. The highest BCUT2D eigenvalue weighted by Gasteiger charge is 2.53. The average Bonchev–Trinajstić information content (AvgIpc) is 2.46. The molecule has 2 heteroatoms. The van der Waals surface area contributed by atoms with E-state index in [-0.39, 0.29) is 5.92 Å². The Labute approximate surface area is 128 Å². The highest BCUT2D eigenvalue weighted by atomic mass is 16.1. The Kier molecular flexibility index (Phi) is 3.39. The number of hydrogen-bond donors (Lipinski definition) is 1. The summed E-state index contributed by atoms with van der Waals surface area (Å²) in [7, 11) is 0. The average molecular weight is 287 g/mol. The second-order valence-electron chi connectivity index (χ2n) is 8.49. The SMILES string of the molecule is C[C@H](NC(=O)[C@H]1CC=CCC1)C12CC3CC(CC(C3)C1)C2. The van der Waals surface area contributed by atoms with Crippen molar-refractivity contribution in [3.8, 4) is 0 Å². The lowest BCUT2D eigenvalue weighted by Gasteiger charge is -2.59. The number of hydrogen-bond acceptors (Lipinski definition) is 1. The van der Waals surface area contributed by atoms with Gasteiger partial charge in [-0.15, -0.1) is 0 Å². The van der Waals surface area contributed by atoms with Crippen LogP contribution in [0.15, 0.2) is 12.2 Å². The van der Waals surface area contributed by atoms with Gasteiger partial charge in [0.05, 0.1) is 0 Å². The zero-order valence-electron chi connectivity index (χ0n) is 13.3. The van der Waals surface area contributed by atoms with Gasteiger partial charge in [-0.3, -0.25) is 4.79 Å². The van der Waals surface area contributed by atoms with Gasteiger partial charge in [-0.05, 0) is 87.9 Å². The summed E-state index contributed by atoms with van der Waals surface area (Å²) in [6, 6.07) is 0.379. The highest BCUT2D eigenvalue weighted by molar-refractivity contribution is 5.79. The van der Waals surface area contributed by atoms with Gasteiger partial charge in [0.1, 0.15) is 0 Å². The zero-order valence-corrected chi connectivity index (χ0v) is 13.3. The summed E-state index contributed by atoms with van der Waals surface area (Å²) in [5.74, 6) is 3.45. The topological polar surface area (TPSA) is 29.1 Å². The van der Waals surface area contributed by atoms with Gasteiger partial charge in [0, 0.05) is 12.0 Å². The summed E-state index contributed by atoms with van der Waals surface area (Å²) >= 11 is 0. The molecular formula is C19H29NO.